The molecule has 0 atom stereocenters. The Morgan fingerprint density at radius 1 is 1.26 bits per heavy atom. The molecule has 0 radical (unpaired) electrons. The molecule has 1 amide bonds. The number of hydrogen-bond acceptors (Lipinski definition) is 5. The Hall–Kier alpha value is -1.08. The fourth-order valence-electron chi connectivity index (χ4n) is 1.69. The van der Waals surface area contributed by atoms with E-state index in [1.165, 1.54) is 0 Å². The summed E-state index contributed by atoms with van der Waals surface area (Å²) in [5, 5.41) is 20.6. The lowest BCUT2D eigenvalue weighted by Crippen LogP contribution is -2.37. The van der Waals surface area contributed by atoms with Gasteiger partial charge in [0.25, 0.3) is 0 Å². The molecule has 0 unspecified atom stereocenters. The van der Waals surface area contributed by atoms with Crippen LogP contribution in [0, 0.1) is 0 Å². The molecule has 0 heterocycles. The molecule has 0 saturated heterocycles. The highest BCUT2D eigenvalue weighted by molar-refractivity contribution is 7.98. The third-order valence-corrected chi connectivity index (χ3v) is 3.38. The highest BCUT2D eigenvalue weighted by atomic mass is 32.2. The van der Waals surface area contributed by atoms with E-state index >= 15 is 0 Å². The monoisotopic (exact) mass is 284 g/mol. The SMILES string of the molecule is CSc1ccccc1NC(=O)CN(CCO)CCO. The summed E-state index contributed by atoms with van der Waals surface area (Å²) in [5.41, 5.74) is 0.785. The number of carbonyl (C=O) groups is 1. The first-order valence-corrected chi connectivity index (χ1v) is 7.30. The summed E-state index contributed by atoms with van der Waals surface area (Å²) in [6, 6.07) is 7.59. The van der Waals surface area contributed by atoms with Gasteiger partial charge in [0, 0.05) is 18.0 Å². The molecule has 0 spiro atoms. The van der Waals surface area contributed by atoms with Crippen molar-refractivity contribution >= 4 is 23.4 Å². The van der Waals surface area contributed by atoms with Crippen molar-refractivity contribution in [1.82, 2.24) is 4.90 Å². The molecule has 0 aliphatic rings. The number of thioether (sulfide) groups is 1. The average Bonchev–Trinajstić information content (AvgIpc) is 2.40. The summed E-state index contributed by atoms with van der Waals surface area (Å²) in [7, 11) is 0. The van der Waals surface area contributed by atoms with Crippen LogP contribution in [0.15, 0.2) is 29.2 Å². The summed E-state index contributed by atoms with van der Waals surface area (Å²) in [5.74, 6) is -0.150. The van der Waals surface area contributed by atoms with Crippen LogP contribution in [0.1, 0.15) is 0 Å². The molecule has 3 N–H and O–H groups in total. The fourth-order valence-corrected chi connectivity index (χ4v) is 2.25. The minimum absolute atomic E-state index is 0.0331. The molecule has 5 nitrogen and oxygen atoms in total. The first-order chi connectivity index (χ1) is 9.21. The number of rotatable bonds is 8. The highest BCUT2D eigenvalue weighted by Gasteiger charge is 2.11. The van der Waals surface area contributed by atoms with Crippen molar-refractivity contribution < 1.29 is 15.0 Å². The minimum atomic E-state index is -0.150. The standard InChI is InChI=1S/C13H20N2O3S/c1-19-12-5-3-2-4-11(12)14-13(18)10-15(6-8-16)7-9-17/h2-5,16-17H,6-10H2,1H3,(H,14,18). The number of hydrogen-bond donors (Lipinski definition) is 3. The summed E-state index contributed by atoms with van der Waals surface area (Å²) in [6.45, 7) is 0.837. The number of benzene rings is 1. The fraction of sp³-hybridized carbons (Fsp3) is 0.462. The zero-order valence-electron chi connectivity index (χ0n) is 11.0. The van der Waals surface area contributed by atoms with Gasteiger partial charge in [0.1, 0.15) is 0 Å². The van der Waals surface area contributed by atoms with Gasteiger partial charge in [-0.25, -0.2) is 0 Å². The van der Waals surface area contributed by atoms with Crippen LogP contribution < -0.4 is 5.32 Å². The quantitative estimate of drug-likeness (QED) is 0.611. The Balaban J connectivity index is 2.58. The smallest absolute Gasteiger partial charge is 0.238 e. The van der Waals surface area contributed by atoms with Crippen molar-refractivity contribution in [3.63, 3.8) is 0 Å². The van der Waals surface area contributed by atoms with Gasteiger partial charge in [-0.2, -0.15) is 0 Å². The zero-order valence-corrected chi connectivity index (χ0v) is 11.8. The number of anilines is 1. The molecule has 1 aromatic rings. The summed E-state index contributed by atoms with van der Waals surface area (Å²) in [4.78, 5) is 14.6. The van der Waals surface area contributed by atoms with Gasteiger partial charge in [-0.05, 0) is 18.4 Å². The van der Waals surface area contributed by atoms with Crippen LogP contribution >= 0.6 is 11.8 Å². The van der Waals surface area contributed by atoms with Crippen LogP contribution in [0.25, 0.3) is 0 Å². The van der Waals surface area contributed by atoms with E-state index in [0.717, 1.165) is 10.6 Å². The number of aliphatic hydroxyl groups excluding tert-OH is 2. The Labute approximate surface area is 117 Å². The number of aliphatic hydroxyl groups is 2. The van der Waals surface area contributed by atoms with Crippen molar-refractivity contribution in [3.05, 3.63) is 24.3 Å². The van der Waals surface area contributed by atoms with Gasteiger partial charge in [-0.3, -0.25) is 9.69 Å². The van der Waals surface area contributed by atoms with Crippen molar-refractivity contribution in [1.29, 1.82) is 0 Å². The van der Waals surface area contributed by atoms with E-state index in [1.54, 1.807) is 16.7 Å². The maximum absolute atomic E-state index is 11.9. The van der Waals surface area contributed by atoms with Crippen LogP contribution in [0.3, 0.4) is 0 Å². The largest absolute Gasteiger partial charge is 0.395 e. The topological polar surface area (TPSA) is 72.8 Å². The zero-order chi connectivity index (χ0) is 14.1. The summed E-state index contributed by atoms with van der Waals surface area (Å²) in [6.07, 6.45) is 1.95. The van der Waals surface area contributed by atoms with Crippen molar-refractivity contribution in [2.45, 2.75) is 4.90 Å². The Kier molecular flexibility index (Phi) is 7.50. The predicted octanol–water partition coefficient (Wildman–Crippen LogP) is 0.634. The molecule has 106 valence electrons. The third kappa shape index (κ3) is 5.61. The second-order valence-corrected chi connectivity index (χ2v) is 4.82. The Bertz CT molecular complexity index is 395. The minimum Gasteiger partial charge on any atom is -0.395 e. The van der Waals surface area contributed by atoms with Crippen LogP contribution in [-0.4, -0.2) is 60.1 Å². The maximum Gasteiger partial charge on any atom is 0.238 e. The average molecular weight is 284 g/mol. The van der Waals surface area contributed by atoms with Crippen LogP contribution in [0.4, 0.5) is 5.69 Å². The van der Waals surface area contributed by atoms with Crippen molar-refractivity contribution in [2.24, 2.45) is 0 Å². The second kappa shape index (κ2) is 8.92. The van der Waals surface area contributed by atoms with E-state index in [2.05, 4.69) is 5.32 Å². The van der Waals surface area contributed by atoms with Crippen molar-refractivity contribution in [2.75, 3.05) is 44.4 Å². The molecule has 6 heteroatoms. The number of carbonyl (C=O) groups excluding carboxylic acids is 1. The van der Waals surface area contributed by atoms with E-state index in [0.29, 0.717) is 13.1 Å². The molecule has 0 fully saturated rings. The first-order valence-electron chi connectivity index (χ1n) is 6.08. The molecule has 0 aromatic heterocycles. The molecule has 0 aliphatic carbocycles. The third-order valence-electron chi connectivity index (χ3n) is 2.58. The van der Waals surface area contributed by atoms with Gasteiger partial charge in [0.05, 0.1) is 25.4 Å². The van der Waals surface area contributed by atoms with E-state index in [1.807, 2.05) is 30.5 Å². The molecule has 19 heavy (non-hydrogen) atoms. The molecule has 0 bridgehead atoms. The summed E-state index contributed by atoms with van der Waals surface area (Å²) < 4.78 is 0. The van der Waals surface area contributed by atoms with Gasteiger partial charge in [-0.1, -0.05) is 12.1 Å². The molecular formula is C13H20N2O3S. The first kappa shape index (κ1) is 16.0. The second-order valence-electron chi connectivity index (χ2n) is 3.97. The molecule has 1 aromatic carbocycles. The number of nitrogens with zero attached hydrogens (tertiary/aromatic N) is 1. The van der Waals surface area contributed by atoms with E-state index in [9.17, 15) is 4.79 Å². The summed E-state index contributed by atoms with van der Waals surface area (Å²) >= 11 is 1.57. The van der Waals surface area contributed by atoms with Crippen LogP contribution in [0.5, 0.6) is 0 Å². The van der Waals surface area contributed by atoms with Crippen molar-refractivity contribution in [3.8, 4) is 0 Å². The molecule has 1 rings (SSSR count). The lowest BCUT2D eigenvalue weighted by Gasteiger charge is -2.19. The number of amides is 1. The lowest BCUT2D eigenvalue weighted by atomic mass is 10.3. The van der Waals surface area contributed by atoms with E-state index < -0.39 is 0 Å². The van der Waals surface area contributed by atoms with Crippen LogP contribution in [0.2, 0.25) is 0 Å². The van der Waals surface area contributed by atoms with E-state index in [-0.39, 0.29) is 25.7 Å². The van der Waals surface area contributed by atoms with Gasteiger partial charge in [0.15, 0.2) is 0 Å². The molecule has 0 saturated carbocycles. The lowest BCUT2D eigenvalue weighted by molar-refractivity contribution is -0.117. The highest BCUT2D eigenvalue weighted by Crippen LogP contribution is 2.24. The van der Waals surface area contributed by atoms with Gasteiger partial charge in [0.2, 0.25) is 5.91 Å². The number of nitrogens with one attached hydrogen (secondary N) is 1. The number of para-hydroxylation sites is 1. The maximum atomic E-state index is 11.9. The Morgan fingerprint density at radius 3 is 2.47 bits per heavy atom. The van der Waals surface area contributed by atoms with Crippen LogP contribution in [-0.2, 0) is 4.79 Å². The van der Waals surface area contributed by atoms with Gasteiger partial charge in [-0.15, -0.1) is 11.8 Å². The van der Waals surface area contributed by atoms with E-state index in [4.69, 9.17) is 10.2 Å². The predicted molar refractivity (Wildman–Crippen MR) is 77.5 cm³/mol. The van der Waals surface area contributed by atoms with Gasteiger partial charge < -0.3 is 15.5 Å². The molecule has 0 aliphatic heterocycles. The normalized spacial score (nSPS) is 10.7. The Morgan fingerprint density at radius 2 is 1.89 bits per heavy atom. The van der Waals surface area contributed by atoms with Gasteiger partial charge >= 0.3 is 0 Å². The molecular weight excluding hydrogens is 264 g/mol.